The molecular formula is C26H19BrCl2N2O5S. The normalized spacial score (nSPS) is 14.3. The highest BCUT2D eigenvalue weighted by molar-refractivity contribution is 9.10. The molecule has 1 heterocycles. The van der Waals surface area contributed by atoms with Crippen LogP contribution in [0, 0.1) is 0 Å². The number of anilines is 1. The number of halogens is 3. The molecule has 1 aliphatic rings. The summed E-state index contributed by atoms with van der Waals surface area (Å²) in [5.74, 6) is -0.411. The standard InChI is InChI=1S/C26H19BrCl2N2O5S/c1-35-21-11-16(10-19(29)24(21)36-14-15-6-8-17(27)9-7-15)12-22-25(33)31(26(34)37-22)13-23(32)30-20-5-3-2-4-18(20)28/h2-12H,13-14H2,1H3,(H,30,32)/b22-12+. The number of benzene rings is 3. The Bertz CT molecular complexity index is 1400. The summed E-state index contributed by atoms with van der Waals surface area (Å²) in [5, 5.41) is 2.67. The van der Waals surface area contributed by atoms with Crippen LogP contribution in [0.4, 0.5) is 10.5 Å². The Morgan fingerprint density at radius 3 is 2.51 bits per heavy atom. The summed E-state index contributed by atoms with van der Waals surface area (Å²) in [5.41, 5.74) is 1.86. The van der Waals surface area contributed by atoms with Gasteiger partial charge in [0.2, 0.25) is 5.91 Å². The minimum absolute atomic E-state index is 0.150. The first-order chi connectivity index (χ1) is 17.7. The summed E-state index contributed by atoms with van der Waals surface area (Å²) in [7, 11) is 1.48. The molecule has 7 nitrogen and oxygen atoms in total. The molecule has 37 heavy (non-hydrogen) atoms. The van der Waals surface area contributed by atoms with Crippen LogP contribution >= 0.6 is 50.9 Å². The Kier molecular flexibility index (Phi) is 8.81. The lowest BCUT2D eigenvalue weighted by Gasteiger charge is -2.14. The van der Waals surface area contributed by atoms with Gasteiger partial charge in [0, 0.05) is 4.47 Å². The summed E-state index contributed by atoms with van der Waals surface area (Å²) < 4.78 is 12.3. The molecule has 3 aromatic carbocycles. The maximum Gasteiger partial charge on any atom is 0.294 e. The smallest absolute Gasteiger partial charge is 0.294 e. The van der Waals surface area contributed by atoms with Crippen molar-refractivity contribution in [3.63, 3.8) is 0 Å². The second-order valence-electron chi connectivity index (χ2n) is 7.75. The van der Waals surface area contributed by atoms with Gasteiger partial charge in [-0.15, -0.1) is 0 Å². The van der Waals surface area contributed by atoms with Crippen molar-refractivity contribution in [2.45, 2.75) is 6.61 Å². The number of hydrogen-bond acceptors (Lipinski definition) is 6. The molecule has 0 bridgehead atoms. The molecule has 1 fully saturated rings. The monoisotopic (exact) mass is 620 g/mol. The van der Waals surface area contributed by atoms with Crippen LogP contribution in [0.15, 0.2) is 70.0 Å². The molecule has 1 N–H and O–H groups in total. The van der Waals surface area contributed by atoms with E-state index in [1.807, 2.05) is 24.3 Å². The van der Waals surface area contributed by atoms with E-state index in [0.29, 0.717) is 27.8 Å². The van der Waals surface area contributed by atoms with Crippen molar-refractivity contribution in [2.24, 2.45) is 0 Å². The van der Waals surface area contributed by atoms with Gasteiger partial charge >= 0.3 is 0 Å². The summed E-state index contributed by atoms with van der Waals surface area (Å²) in [6.07, 6.45) is 1.52. The number of carbonyl (C=O) groups excluding carboxylic acids is 3. The molecule has 190 valence electrons. The number of thioether (sulfide) groups is 1. The molecule has 4 rings (SSSR count). The fourth-order valence-corrected chi connectivity index (χ4v) is 4.94. The third-order valence-corrected chi connectivity index (χ3v) is 7.22. The number of para-hydroxylation sites is 1. The van der Waals surface area contributed by atoms with Gasteiger partial charge in [-0.2, -0.15) is 0 Å². The number of ether oxygens (including phenoxy) is 2. The highest BCUT2D eigenvalue weighted by Gasteiger charge is 2.36. The van der Waals surface area contributed by atoms with Crippen LogP contribution in [0.3, 0.4) is 0 Å². The van der Waals surface area contributed by atoms with Crippen LogP contribution in [0.2, 0.25) is 10.0 Å². The molecule has 0 atom stereocenters. The number of amides is 3. The maximum atomic E-state index is 12.9. The molecule has 1 saturated heterocycles. The predicted molar refractivity (Wildman–Crippen MR) is 149 cm³/mol. The third kappa shape index (κ3) is 6.67. The SMILES string of the molecule is COc1cc(/C=C2/SC(=O)N(CC(=O)Nc3ccccc3Cl)C2=O)cc(Cl)c1OCc1ccc(Br)cc1. The quantitative estimate of drug-likeness (QED) is 0.272. The van der Waals surface area contributed by atoms with Crippen molar-refractivity contribution in [2.75, 3.05) is 19.0 Å². The van der Waals surface area contributed by atoms with Gasteiger partial charge in [0.05, 0.1) is 27.7 Å². The van der Waals surface area contributed by atoms with Crippen LogP contribution < -0.4 is 14.8 Å². The van der Waals surface area contributed by atoms with Gasteiger partial charge in [-0.3, -0.25) is 19.3 Å². The summed E-state index contributed by atoms with van der Waals surface area (Å²) in [4.78, 5) is 38.8. The molecule has 0 radical (unpaired) electrons. The number of rotatable bonds is 8. The fraction of sp³-hybridized carbons (Fsp3) is 0.115. The Balaban J connectivity index is 1.47. The van der Waals surface area contributed by atoms with Gasteiger partial charge in [0.25, 0.3) is 11.1 Å². The highest BCUT2D eigenvalue weighted by atomic mass is 79.9. The largest absolute Gasteiger partial charge is 0.493 e. The lowest BCUT2D eigenvalue weighted by Crippen LogP contribution is -2.36. The number of hydrogen-bond donors (Lipinski definition) is 1. The number of imide groups is 1. The van der Waals surface area contributed by atoms with E-state index in [-0.39, 0.29) is 16.5 Å². The molecular weight excluding hydrogens is 603 g/mol. The van der Waals surface area contributed by atoms with E-state index in [9.17, 15) is 14.4 Å². The summed E-state index contributed by atoms with van der Waals surface area (Å²) in [6, 6.07) is 17.6. The summed E-state index contributed by atoms with van der Waals surface area (Å²) >= 11 is 16.7. The first kappa shape index (κ1) is 27.1. The zero-order valence-corrected chi connectivity index (χ0v) is 23.2. The van der Waals surface area contributed by atoms with Crippen molar-refractivity contribution in [1.29, 1.82) is 0 Å². The van der Waals surface area contributed by atoms with E-state index < -0.39 is 23.6 Å². The van der Waals surface area contributed by atoms with E-state index in [2.05, 4.69) is 21.2 Å². The van der Waals surface area contributed by atoms with Crippen molar-refractivity contribution in [3.05, 3.63) is 91.2 Å². The molecule has 3 aromatic rings. The first-order valence-corrected chi connectivity index (χ1v) is 13.2. The van der Waals surface area contributed by atoms with Gasteiger partial charge in [-0.05, 0) is 65.4 Å². The Hall–Kier alpha value is -2.98. The van der Waals surface area contributed by atoms with E-state index in [1.165, 1.54) is 13.2 Å². The Morgan fingerprint density at radius 1 is 1.08 bits per heavy atom. The first-order valence-electron chi connectivity index (χ1n) is 10.8. The molecule has 3 amide bonds. The van der Waals surface area contributed by atoms with Gasteiger partial charge in [0.15, 0.2) is 11.5 Å². The molecule has 11 heteroatoms. The number of nitrogens with one attached hydrogen (secondary N) is 1. The highest BCUT2D eigenvalue weighted by Crippen LogP contribution is 2.39. The molecule has 1 aliphatic heterocycles. The molecule has 0 spiro atoms. The van der Waals surface area contributed by atoms with Gasteiger partial charge in [-0.25, -0.2) is 0 Å². The Morgan fingerprint density at radius 2 is 1.81 bits per heavy atom. The van der Waals surface area contributed by atoms with Crippen molar-refractivity contribution in [3.8, 4) is 11.5 Å². The van der Waals surface area contributed by atoms with E-state index in [0.717, 1.165) is 26.7 Å². The predicted octanol–water partition coefficient (Wildman–Crippen LogP) is 7.02. The van der Waals surface area contributed by atoms with Gasteiger partial charge in [0.1, 0.15) is 13.2 Å². The molecule has 0 aliphatic carbocycles. The van der Waals surface area contributed by atoms with Crippen LogP contribution in [0.1, 0.15) is 11.1 Å². The average Bonchev–Trinajstić information content (AvgIpc) is 3.12. The van der Waals surface area contributed by atoms with Crippen LogP contribution in [-0.2, 0) is 16.2 Å². The van der Waals surface area contributed by atoms with Gasteiger partial charge < -0.3 is 14.8 Å². The lowest BCUT2D eigenvalue weighted by atomic mass is 10.1. The number of methoxy groups -OCH3 is 1. The van der Waals surface area contributed by atoms with Crippen molar-refractivity contribution < 1.29 is 23.9 Å². The molecule has 0 unspecified atom stereocenters. The lowest BCUT2D eigenvalue weighted by molar-refractivity contribution is -0.127. The molecule has 0 saturated carbocycles. The zero-order chi connectivity index (χ0) is 26.5. The second kappa shape index (κ2) is 12.0. The minimum Gasteiger partial charge on any atom is -0.493 e. The van der Waals surface area contributed by atoms with Crippen LogP contribution in [0.25, 0.3) is 6.08 Å². The fourth-order valence-electron chi connectivity index (χ4n) is 3.38. The Labute approximate surface area is 235 Å². The van der Waals surface area contributed by atoms with Crippen LogP contribution in [0.5, 0.6) is 11.5 Å². The second-order valence-corrected chi connectivity index (χ2v) is 10.5. The van der Waals surface area contributed by atoms with Crippen molar-refractivity contribution >= 4 is 79.7 Å². The minimum atomic E-state index is -0.588. The number of carbonyl (C=O) groups is 3. The van der Waals surface area contributed by atoms with E-state index >= 15 is 0 Å². The van der Waals surface area contributed by atoms with E-state index in [1.54, 1.807) is 36.4 Å². The van der Waals surface area contributed by atoms with Crippen LogP contribution in [-0.4, -0.2) is 35.6 Å². The number of nitrogens with zero attached hydrogens (tertiary/aromatic N) is 1. The maximum absolute atomic E-state index is 12.9. The van der Waals surface area contributed by atoms with Crippen molar-refractivity contribution in [1.82, 2.24) is 4.90 Å². The average molecular weight is 622 g/mol. The summed E-state index contributed by atoms with van der Waals surface area (Å²) in [6.45, 7) is -0.169. The van der Waals surface area contributed by atoms with Gasteiger partial charge in [-0.1, -0.05) is 63.4 Å². The van der Waals surface area contributed by atoms with E-state index in [4.69, 9.17) is 32.7 Å². The zero-order valence-electron chi connectivity index (χ0n) is 19.3. The topological polar surface area (TPSA) is 84.9 Å². The third-order valence-electron chi connectivity index (χ3n) is 5.17. The molecule has 0 aromatic heterocycles.